The summed E-state index contributed by atoms with van der Waals surface area (Å²) < 4.78 is 28.1. The summed E-state index contributed by atoms with van der Waals surface area (Å²) in [5.41, 5.74) is 7.56. The lowest BCUT2D eigenvalue weighted by Crippen LogP contribution is -2.16. The number of nitrogens with zero attached hydrogens (tertiary/aromatic N) is 3. The molecule has 0 atom stereocenters. The SMILES string of the molecule is CN(C)CCCn1nc2c(c1-c1ccc(Cl)cc1)Cc1ccccc1-2.CS(=O)(=O)O. The number of hydrogen-bond donors (Lipinski definition) is 1. The van der Waals surface area contributed by atoms with Crippen molar-refractivity contribution in [3.8, 4) is 22.5 Å². The van der Waals surface area contributed by atoms with Gasteiger partial charge in [0.1, 0.15) is 0 Å². The Hall–Kier alpha value is -2.19. The lowest BCUT2D eigenvalue weighted by Gasteiger charge is -2.13. The van der Waals surface area contributed by atoms with E-state index in [0.717, 1.165) is 36.6 Å². The summed E-state index contributed by atoms with van der Waals surface area (Å²) >= 11 is 6.09. The third-order valence-corrected chi connectivity index (χ3v) is 5.04. The average Bonchev–Trinajstić information content (AvgIpc) is 3.17. The van der Waals surface area contributed by atoms with Crippen LogP contribution in [0.15, 0.2) is 48.5 Å². The van der Waals surface area contributed by atoms with Crippen LogP contribution in [0.5, 0.6) is 0 Å². The molecule has 8 heteroatoms. The lowest BCUT2D eigenvalue weighted by molar-refractivity contribution is 0.381. The van der Waals surface area contributed by atoms with Crippen LogP contribution in [0.4, 0.5) is 0 Å². The van der Waals surface area contributed by atoms with Crippen LogP contribution < -0.4 is 0 Å². The number of hydrogen-bond acceptors (Lipinski definition) is 4. The van der Waals surface area contributed by atoms with E-state index in [0.29, 0.717) is 6.26 Å². The maximum Gasteiger partial charge on any atom is 0.261 e. The minimum atomic E-state index is -3.67. The molecule has 0 saturated heterocycles. The van der Waals surface area contributed by atoms with Crippen molar-refractivity contribution in [2.45, 2.75) is 19.4 Å². The Morgan fingerprint density at radius 2 is 1.77 bits per heavy atom. The fourth-order valence-electron chi connectivity index (χ4n) is 3.61. The fourth-order valence-corrected chi connectivity index (χ4v) is 3.73. The molecule has 0 radical (unpaired) electrons. The second-order valence-corrected chi connectivity index (χ2v) is 9.53. The van der Waals surface area contributed by atoms with E-state index in [-0.39, 0.29) is 0 Å². The average molecular weight is 448 g/mol. The third kappa shape index (κ3) is 5.70. The zero-order chi connectivity index (χ0) is 21.9. The molecule has 1 heterocycles. The molecule has 0 fully saturated rings. The van der Waals surface area contributed by atoms with Crippen LogP contribution in [0.2, 0.25) is 5.02 Å². The van der Waals surface area contributed by atoms with Crippen LogP contribution >= 0.6 is 11.6 Å². The van der Waals surface area contributed by atoms with E-state index in [1.165, 1.54) is 27.9 Å². The molecule has 0 unspecified atom stereocenters. The summed E-state index contributed by atoms with van der Waals surface area (Å²) in [5, 5.41) is 5.76. The molecule has 4 rings (SSSR count). The molecule has 30 heavy (non-hydrogen) atoms. The van der Waals surface area contributed by atoms with E-state index in [2.05, 4.69) is 60.1 Å². The lowest BCUT2D eigenvalue weighted by atomic mass is 10.1. The first-order valence-electron chi connectivity index (χ1n) is 9.64. The summed E-state index contributed by atoms with van der Waals surface area (Å²) in [6.45, 7) is 1.98. The van der Waals surface area contributed by atoms with Crippen LogP contribution in [0.1, 0.15) is 17.5 Å². The molecule has 160 valence electrons. The summed E-state index contributed by atoms with van der Waals surface area (Å²) in [4.78, 5) is 2.22. The van der Waals surface area contributed by atoms with Gasteiger partial charge < -0.3 is 4.90 Å². The maximum absolute atomic E-state index is 9.19. The molecule has 1 aliphatic carbocycles. The van der Waals surface area contributed by atoms with E-state index in [9.17, 15) is 8.42 Å². The molecule has 0 spiro atoms. The Balaban J connectivity index is 0.000000461. The van der Waals surface area contributed by atoms with E-state index in [1.54, 1.807) is 0 Å². The zero-order valence-electron chi connectivity index (χ0n) is 17.3. The molecule has 2 aromatic carbocycles. The normalized spacial score (nSPS) is 12.3. The van der Waals surface area contributed by atoms with Gasteiger partial charge in [0, 0.05) is 34.7 Å². The van der Waals surface area contributed by atoms with Crippen LogP contribution in [0.25, 0.3) is 22.5 Å². The third-order valence-electron chi connectivity index (χ3n) is 4.78. The second-order valence-electron chi connectivity index (χ2n) is 7.63. The highest BCUT2D eigenvalue weighted by molar-refractivity contribution is 7.85. The van der Waals surface area contributed by atoms with Crippen molar-refractivity contribution in [1.29, 1.82) is 0 Å². The quantitative estimate of drug-likeness (QED) is 0.463. The predicted octanol–water partition coefficient (Wildman–Crippen LogP) is 4.23. The Labute approximate surface area is 182 Å². The van der Waals surface area contributed by atoms with Gasteiger partial charge in [-0.05, 0) is 44.8 Å². The molecule has 1 aromatic heterocycles. The molecule has 3 aromatic rings. The molecular formula is C22H26ClN3O3S. The molecule has 6 nitrogen and oxygen atoms in total. The predicted molar refractivity (Wildman–Crippen MR) is 122 cm³/mol. The van der Waals surface area contributed by atoms with Crippen molar-refractivity contribution in [2.24, 2.45) is 0 Å². The van der Waals surface area contributed by atoms with Gasteiger partial charge in [-0.3, -0.25) is 9.23 Å². The van der Waals surface area contributed by atoms with Gasteiger partial charge in [-0.1, -0.05) is 48.0 Å². The van der Waals surface area contributed by atoms with Gasteiger partial charge in [-0.25, -0.2) is 0 Å². The Bertz CT molecular complexity index is 1120. The summed E-state index contributed by atoms with van der Waals surface area (Å²) in [6.07, 6.45) is 2.75. The van der Waals surface area contributed by atoms with Gasteiger partial charge in [0.25, 0.3) is 10.1 Å². The Kier molecular flexibility index (Phi) is 6.98. The minimum Gasteiger partial charge on any atom is -0.309 e. The van der Waals surface area contributed by atoms with Crippen molar-refractivity contribution in [1.82, 2.24) is 14.7 Å². The van der Waals surface area contributed by atoms with Gasteiger partial charge in [0.15, 0.2) is 0 Å². The minimum absolute atomic E-state index is 0.715. The highest BCUT2D eigenvalue weighted by atomic mass is 35.5. The summed E-state index contributed by atoms with van der Waals surface area (Å²) in [7, 11) is 0.554. The monoisotopic (exact) mass is 447 g/mol. The molecule has 0 saturated carbocycles. The first-order chi connectivity index (χ1) is 14.1. The van der Waals surface area contributed by atoms with E-state index < -0.39 is 10.1 Å². The number of rotatable bonds is 5. The van der Waals surface area contributed by atoms with Crippen molar-refractivity contribution in [3.63, 3.8) is 0 Å². The van der Waals surface area contributed by atoms with Crippen molar-refractivity contribution in [3.05, 3.63) is 64.7 Å². The standard InChI is InChI=1S/C21H22ClN3.CH4O3S/c1-24(2)12-5-13-25-21(15-8-10-17(22)11-9-15)19-14-16-6-3-4-7-18(16)20(19)23-25;1-5(2,3)4/h3-4,6-11H,5,12-14H2,1-2H3;1H3,(H,2,3,4). The van der Waals surface area contributed by atoms with Crippen LogP contribution in [0.3, 0.4) is 0 Å². The Morgan fingerprint density at radius 3 is 2.40 bits per heavy atom. The highest BCUT2D eigenvalue weighted by Gasteiger charge is 2.27. The van der Waals surface area contributed by atoms with Crippen molar-refractivity contribution >= 4 is 21.7 Å². The number of halogens is 1. The number of benzene rings is 2. The van der Waals surface area contributed by atoms with Gasteiger partial charge in [-0.2, -0.15) is 13.5 Å². The first kappa shape index (κ1) is 22.5. The van der Waals surface area contributed by atoms with Crippen LogP contribution in [0, 0.1) is 0 Å². The van der Waals surface area contributed by atoms with Gasteiger partial charge in [0.05, 0.1) is 17.6 Å². The van der Waals surface area contributed by atoms with E-state index >= 15 is 0 Å². The fraction of sp³-hybridized carbons (Fsp3) is 0.318. The molecular weight excluding hydrogens is 422 g/mol. The van der Waals surface area contributed by atoms with Crippen molar-refractivity contribution < 1.29 is 13.0 Å². The molecule has 0 aliphatic heterocycles. The van der Waals surface area contributed by atoms with Gasteiger partial charge in [-0.15, -0.1) is 0 Å². The van der Waals surface area contributed by atoms with E-state index in [4.69, 9.17) is 21.3 Å². The smallest absolute Gasteiger partial charge is 0.261 e. The second kappa shape index (κ2) is 9.31. The largest absolute Gasteiger partial charge is 0.309 e. The molecule has 1 N–H and O–H groups in total. The summed E-state index contributed by atoms with van der Waals surface area (Å²) in [5.74, 6) is 0. The zero-order valence-corrected chi connectivity index (χ0v) is 18.9. The topological polar surface area (TPSA) is 75.4 Å². The van der Waals surface area contributed by atoms with Crippen molar-refractivity contribution in [2.75, 3.05) is 26.9 Å². The first-order valence-corrected chi connectivity index (χ1v) is 11.9. The Morgan fingerprint density at radius 1 is 1.13 bits per heavy atom. The molecule has 0 amide bonds. The number of aromatic nitrogens is 2. The van der Waals surface area contributed by atoms with Crippen LogP contribution in [-0.2, 0) is 23.1 Å². The van der Waals surface area contributed by atoms with Gasteiger partial charge >= 0.3 is 0 Å². The number of aryl methyl sites for hydroxylation is 1. The maximum atomic E-state index is 9.19. The van der Waals surface area contributed by atoms with Crippen LogP contribution in [-0.4, -0.2) is 54.5 Å². The number of fused-ring (bicyclic) bond motifs is 3. The summed E-state index contributed by atoms with van der Waals surface area (Å²) in [6, 6.07) is 16.7. The van der Waals surface area contributed by atoms with Gasteiger partial charge in [0.2, 0.25) is 0 Å². The van der Waals surface area contributed by atoms with E-state index in [1.807, 2.05) is 12.1 Å². The molecule has 0 bridgehead atoms. The molecule has 1 aliphatic rings. The highest BCUT2D eigenvalue weighted by Crippen LogP contribution is 2.41.